The van der Waals surface area contributed by atoms with E-state index in [1.165, 1.54) is 13.5 Å². The first-order chi connectivity index (χ1) is 9.45. The molecule has 2 atom stereocenters. The van der Waals surface area contributed by atoms with Gasteiger partial charge in [0.1, 0.15) is 0 Å². The fraction of sp³-hybridized carbons (Fsp3) is 0.750. The molecule has 114 valence electrons. The average Bonchev–Trinajstić information content (AvgIpc) is 2.39. The number of carbonyl (C=O) groups is 2. The second-order valence-electron chi connectivity index (χ2n) is 5.91. The van der Waals surface area contributed by atoms with E-state index in [0.29, 0.717) is 12.5 Å². The Kier molecular flexibility index (Phi) is 6.76. The minimum Gasteiger partial charge on any atom is -0.469 e. The maximum atomic E-state index is 12.4. The van der Waals surface area contributed by atoms with E-state index >= 15 is 0 Å². The molecule has 1 amide bonds. The first kappa shape index (κ1) is 16.7. The van der Waals surface area contributed by atoms with E-state index in [1.807, 2.05) is 18.7 Å². The minimum atomic E-state index is -0.261. The summed E-state index contributed by atoms with van der Waals surface area (Å²) >= 11 is 0. The van der Waals surface area contributed by atoms with Gasteiger partial charge in [0.15, 0.2) is 0 Å². The maximum Gasteiger partial charge on any atom is 0.307 e. The molecule has 0 aromatic heterocycles. The number of hydrogen-bond acceptors (Lipinski definition) is 3. The number of methoxy groups -OCH3 is 1. The summed E-state index contributed by atoms with van der Waals surface area (Å²) in [5, 5.41) is 0. The Hall–Kier alpha value is -1.32. The number of carbonyl (C=O) groups excluding carboxylic acids is 2. The Morgan fingerprint density at radius 3 is 2.45 bits per heavy atom. The van der Waals surface area contributed by atoms with Gasteiger partial charge < -0.3 is 9.64 Å². The van der Waals surface area contributed by atoms with Crippen LogP contribution in [0.3, 0.4) is 0 Å². The molecule has 1 rings (SSSR count). The van der Waals surface area contributed by atoms with Gasteiger partial charge in [0.05, 0.1) is 13.5 Å². The Morgan fingerprint density at radius 1 is 1.25 bits per heavy atom. The lowest BCUT2D eigenvalue weighted by Gasteiger charge is -2.38. The van der Waals surface area contributed by atoms with Crippen LogP contribution in [0, 0.1) is 5.92 Å². The molecular weight excluding hydrogens is 254 g/mol. The van der Waals surface area contributed by atoms with Crippen molar-refractivity contribution in [3.8, 4) is 0 Å². The number of amides is 1. The summed E-state index contributed by atoms with van der Waals surface area (Å²) in [5.41, 5.74) is 0.988. The monoisotopic (exact) mass is 281 g/mol. The average molecular weight is 281 g/mol. The molecule has 0 N–H and O–H groups in total. The van der Waals surface area contributed by atoms with Crippen molar-refractivity contribution in [1.82, 2.24) is 4.90 Å². The Balaban J connectivity index is 2.79. The topological polar surface area (TPSA) is 46.6 Å². The zero-order valence-electron chi connectivity index (χ0n) is 13.1. The zero-order chi connectivity index (χ0) is 15.1. The van der Waals surface area contributed by atoms with Crippen molar-refractivity contribution >= 4 is 11.9 Å². The number of esters is 1. The molecule has 0 bridgehead atoms. The second kappa shape index (κ2) is 8.08. The third-order valence-electron chi connectivity index (χ3n) is 3.95. The van der Waals surface area contributed by atoms with Crippen LogP contribution in [0.1, 0.15) is 52.9 Å². The van der Waals surface area contributed by atoms with Gasteiger partial charge in [0.25, 0.3) is 0 Å². The van der Waals surface area contributed by atoms with E-state index in [4.69, 9.17) is 0 Å². The van der Waals surface area contributed by atoms with Crippen LogP contribution in [-0.4, -0.2) is 36.5 Å². The highest BCUT2D eigenvalue weighted by Gasteiger charge is 2.29. The van der Waals surface area contributed by atoms with Crippen molar-refractivity contribution < 1.29 is 14.3 Å². The molecule has 1 saturated carbocycles. The van der Waals surface area contributed by atoms with Gasteiger partial charge in [-0.25, -0.2) is 0 Å². The summed E-state index contributed by atoms with van der Waals surface area (Å²) < 4.78 is 4.68. The van der Waals surface area contributed by atoms with Gasteiger partial charge >= 0.3 is 5.97 Å². The normalized spacial score (nSPS) is 22.0. The molecule has 4 nitrogen and oxygen atoms in total. The summed E-state index contributed by atoms with van der Waals surface area (Å²) in [6, 6.07) is 0.247. The highest BCUT2D eigenvalue weighted by molar-refractivity contribution is 5.88. The predicted octanol–water partition coefficient (Wildman–Crippen LogP) is 2.92. The van der Waals surface area contributed by atoms with E-state index in [9.17, 15) is 9.59 Å². The van der Waals surface area contributed by atoms with Crippen LogP contribution in [0.4, 0.5) is 0 Å². The summed E-state index contributed by atoms with van der Waals surface area (Å²) in [6.07, 6.45) is 6.51. The molecular formula is C16H27NO3. The number of ether oxygens (including phenoxy) is 1. The van der Waals surface area contributed by atoms with Crippen LogP contribution < -0.4 is 0 Å². The molecule has 0 radical (unpaired) electrons. The van der Waals surface area contributed by atoms with Crippen LogP contribution in [0.15, 0.2) is 11.6 Å². The van der Waals surface area contributed by atoms with Crippen molar-refractivity contribution in [2.45, 2.75) is 58.9 Å². The van der Waals surface area contributed by atoms with E-state index in [1.54, 1.807) is 6.08 Å². The highest BCUT2D eigenvalue weighted by Crippen LogP contribution is 2.28. The van der Waals surface area contributed by atoms with Gasteiger partial charge in [-0.1, -0.05) is 25.3 Å². The van der Waals surface area contributed by atoms with E-state index < -0.39 is 0 Å². The summed E-state index contributed by atoms with van der Waals surface area (Å²) in [7, 11) is 1.38. The Bertz CT molecular complexity index is 372. The summed E-state index contributed by atoms with van der Waals surface area (Å²) in [4.78, 5) is 25.6. The third-order valence-corrected chi connectivity index (χ3v) is 3.95. The summed E-state index contributed by atoms with van der Waals surface area (Å²) in [6.45, 7) is 6.48. The molecule has 4 heteroatoms. The molecule has 0 saturated heterocycles. The smallest absolute Gasteiger partial charge is 0.307 e. The second-order valence-corrected chi connectivity index (χ2v) is 5.91. The lowest BCUT2D eigenvalue weighted by Crippen LogP contribution is -2.45. The van der Waals surface area contributed by atoms with Crippen molar-refractivity contribution in [1.29, 1.82) is 0 Å². The lowest BCUT2D eigenvalue weighted by molar-refractivity contribution is -0.142. The number of hydrogen-bond donors (Lipinski definition) is 0. The fourth-order valence-electron chi connectivity index (χ4n) is 2.84. The molecule has 0 heterocycles. The molecule has 0 spiro atoms. The first-order valence-corrected chi connectivity index (χ1v) is 7.48. The van der Waals surface area contributed by atoms with Crippen LogP contribution in [-0.2, 0) is 14.3 Å². The molecule has 1 aliphatic rings. The first-order valence-electron chi connectivity index (χ1n) is 7.48. The van der Waals surface area contributed by atoms with Crippen LogP contribution in [0.25, 0.3) is 0 Å². The van der Waals surface area contributed by atoms with Crippen molar-refractivity contribution in [2.75, 3.05) is 13.7 Å². The van der Waals surface area contributed by atoms with Crippen molar-refractivity contribution in [3.63, 3.8) is 0 Å². The largest absolute Gasteiger partial charge is 0.469 e. The van der Waals surface area contributed by atoms with Crippen molar-refractivity contribution in [3.05, 3.63) is 11.6 Å². The highest BCUT2D eigenvalue weighted by atomic mass is 16.5. The van der Waals surface area contributed by atoms with Gasteiger partial charge in [0.2, 0.25) is 5.91 Å². The van der Waals surface area contributed by atoms with E-state index in [0.717, 1.165) is 24.8 Å². The fourth-order valence-corrected chi connectivity index (χ4v) is 2.84. The van der Waals surface area contributed by atoms with Crippen LogP contribution in [0.2, 0.25) is 0 Å². The zero-order valence-corrected chi connectivity index (χ0v) is 13.1. The predicted molar refractivity (Wildman–Crippen MR) is 79.2 cm³/mol. The number of rotatable bonds is 5. The third kappa shape index (κ3) is 4.99. The lowest BCUT2D eigenvalue weighted by atomic mass is 9.84. The summed E-state index contributed by atoms with van der Waals surface area (Å²) in [5.74, 6) is 0.257. The van der Waals surface area contributed by atoms with Gasteiger partial charge in [0, 0.05) is 18.7 Å². The number of nitrogens with zero attached hydrogens (tertiary/aromatic N) is 1. The molecule has 0 aliphatic heterocycles. The molecule has 1 aliphatic carbocycles. The van der Waals surface area contributed by atoms with Crippen LogP contribution >= 0.6 is 0 Å². The Morgan fingerprint density at radius 2 is 1.90 bits per heavy atom. The molecule has 1 fully saturated rings. The van der Waals surface area contributed by atoms with Crippen molar-refractivity contribution in [2.24, 2.45) is 5.92 Å². The van der Waals surface area contributed by atoms with Crippen LogP contribution in [0.5, 0.6) is 0 Å². The van der Waals surface area contributed by atoms with Gasteiger partial charge in [-0.3, -0.25) is 9.59 Å². The van der Waals surface area contributed by atoms with E-state index in [2.05, 4.69) is 11.7 Å². The maximum absolute atomic E-state index is 12.4. The minimum absolute atomic E-state index is 0.0210. The standard InChI is InChI=1S/C16H27NO3/c1-12(2)11-15(18)17(10-9-16(19)20-4)14-8-6-5-7-13(14)3/h11,13-14H,5-10H2,1-4H3. The quantitative estimate of drug-likeness (QED) is 0.575. The van der Waals surface area contributed by atoms with Gasteiger partial charge in [-0.2, -0.15) is 0 Å². The molecule has 0 aromatic carbocycles. The Labute approximate surface area is 122 Å². The molecule has 2 unspecified atom stereocenters. The van der Waals surface area contributed by atoms with Gasteiger partial charge in [-0.15, -0.1) is 0 Å². The number of allylic oxidation sites excluding steroid dienone is 1. The van der Waals surface area contributed by atoms with Gasteiger partial charge in [-0.05, 0) is 32.6 Å². The van der Waals surface area contributed by atoms with E-state index in [-0.39, 0.29) is 24.3 Å². The molecule has 20 heavy (non-hydrogen) atoms. The SMILES string of the molecule is COC(=O)CCN(C(=O)C=C(C)C)C1CCCCC1C. The molecule has 0 aromatic rings.